The van der Waals surface area contributed by atoms with Crippen LogP contribution in [0.4, 0.5) is 0 Å². The van der Waals surface area contributed by atoms with Gasteiger partial charge in [-0.05, 0) is 61.8 Å². The number of hydrogen-bond donors (Lipinski definition) is 1. The van der Waals surface area contributed by atoms with E-state index < -0.39 is 0 Å². The van der Waals surface area contributed by atoms with E-state index in [-0.39, 0.29) is 29.5 Å². The standard InChI is InChI=1S/C24H35N3O3S/c1-24(2,3)16-7-8-18-19(14-16)31-22-21(18)23(30)26(15-25-22)12-9-20(29)27-11-5-4-6-17(27)10-13-28/h15-17,28H,4-14H2,1-3H3. The highest BCUT2D eigenvalue weighted by Crippen LogP contribution is 2.41. The number of thiophene rings is 1. The molecule has 0 aromatic carbocycles. The molecule has 2 atom stereocenters. The van der Waals surface area contributed by atoms with Gasteiger partial charge in [-0.2, -0.15) is 0 Å². The number of aromatic nitrogens is 2. The maximum Gasteiger partial charge on any atom is 0.262 e. The number of carbonyl (C=O) groups excluding carboxylic acids is 1. The van der Waals surface area contributed by atoms with Crippen LogP contribution < -0.4 is 5.56 Å². The first kappa shape index (κ1) is 22.5. The SMILES string of the molecule is CC(C)(C)C1CCc2c(sc3ncn(CCC(=O)N4CCCCC4CCO)c(=O)c23)C1. The van der Waals surface area contributed by atoms with Crippen LogP contribution in [0.2, 0.25) is 0 Å². The van der Waals surface area contributed by atoms with Gasteiger partial charge in [0.05, 0.1) is 11.7 Å². The Morgan fingerprint density at radius 3 is 2.84 bits per heavy atom. The largest absolute Gasteiger partial charge is 0.396 e. The van der Waals surface area contributed by atoms with Crippen LogP contribution >= 0.6 is 11.3 Å². The Balaban J connectivity index is 1.51. The van der Waals surface area contributed by atoms with Crippen LogP contribution in [-0.2, 0) is 24.2 Å². The molecule has 2 aliphatic rings. The molecule has 1 aliphatic carbocycles. The van der Waals surface area contributed by atoms with Crippen molar-refractivity contribution >= 4 is 27.5 Å². The Morgan fingerprint density at radius 2 is 2.10 bits per heavy atom. The Hall–Kier alpha value is -1.73. The molecule has 6 nitrogen and oxygen atoms in total. The summed E-state index contributed by atoms with van der Waals surface area (Å²) in [6.45, 7) is 8.11. The first-order valence-corrected chi connectivity index (χ1v) is 12.5. The van der Waals surface area contributed by atoms with Gasteiger partial charge in [-0.15, -0.1) is 11.3 Å². The first-order valence-electron chi connectivity index (χ1n) is 11.7. The second kappa shape index (κ2) is 9.02. The number of aryl methyl sites for hydroxylation is 2. The van der Waals surface area contributed by atoms with E-state index in [0.29, 0.717) is 25.3 Å². The van der Waals surface area contributed by atoms with E-state index in [9.17, 15) is 14.7 Å². The summed E-state index contributed by atoms with van der Waals surface area (Å²) in [6, 6.07) is 0.128. The smallest absolute Gasteiger partial charge is 0.262 e. The molecule has 4 rings (SSSR count). The summed E-state index contributed by atoms with van der Waals surface area (Å²) in [4.78, 5) is 34.8. The van der Waals surface area contributed by atoms with E-state index in [1.54, 1.807) is 22.2 Å². The molecule has 0 spiro atoms. The normalized spacial score (nSPS) is 22.0. The number of aliphatic hydroxyl groups excluding tert-OH is 1. The second-order valence-electron chi connectivity index (χ2n) is 10.2. The molecule has 1 aliphatic heterocycles. The average Bonchev–Trinajstić information content (AvgIpc) is 3.11. The van der Waals surface area contributed by atoms with Gasteiger partial charge in [-0.1, -0.05) is 20.8 Å². The van der Waals surface area contributed by atoms with Gasteiger partial charge < -0.3 is 10.0 Å². The van der Waals surface area contributed by atoms with E-state index in [1.165, 1.54) is 10.4 Å². The summed E-state index contributed by atoms with van der Waals surface area (Å²) in [5, 5.41) is 10.1. The molecule has 0 saturated carbocycles. The van der Waals surface area contributed by atoms with Crippen molar-refractivity contribution in [3.63, 3.8) is 0 Å². The minimum absolute atomic E-state index is 0.00457. The van der Waals surface area contributed by atoms with Crippen molar-refractivity contribution in [2.45, 2.75) is 84.7 Å². The number of rotatable bonds is 5. The lowest BCUT2D eigenvalue weighted by atomic mass is 9.72. The Morgan fingerprint density at radius 1 is 1.29 bits per heavy atom. The summed E-state index contributed by atoms with van der Waals surface area (Å²) in [5.41, 5.74) is 1.46. The molecule has 170 valence electrons. The molecule has 1 amide bonds. The molecule has 3 heterocycles. The van der Waals surface area contributed by atoms with Crippen LogP contribution in [0.3, 0.4) is 0 Å². The molecule has 31 heavy (non-hydrogen) atoms. The van der Waals surface area contributed by atoms with Crippen molar-refractivity contribution in [1.29, 1.82) is 0 Å². The van der Waals surface area contributed by atoms with Crippen LogP contribution in [-0.4, -0.2) is 44.7 Å². The molecule has 2 aromatic heterocycles. The number of carbonyl (C=O) groups is 1. The Kier molecular flexibility index (Phi) is 6.54. The molecule has 2 unspecified atom stereocenters. The molecular weight excluding hydrogens is 410 g/mol. The van der Waals surface area contributed by atoms with E-state index in [1.807, 2.05) is 4.90 Å². The topological polar surface area (TPSA) is 75.4 Å². The molecule has 7 heteroatoms. The van der Waals surface area contributed by atoms with Gasteiger partial charge in [0, 0.05) is 37.0 Å². The molecule has 0 radical (unpaired) electrons. The molecule has 1 saturated heterocycles. The minimum Gasteiger partial charge on any atom is -0.396 e. The van der Waals surface area contributed by atoms with Crippen molar-refractivity contribution in [2.24, 2.45) is 11.3 Å². The maximum atomic E-state index is 13.3. The lowest BCUT2D eigenvalue weighted by Crippen LogP contribution is -2.44. The molecule has 1 N–H and O–H groups in total. The van der Waals surface area contributed by atoms with Gasteiger partial charge in [0.15, 0.2) is 0 Å². The van der Waals surface area contributed by atoms with E-state index >= 15 is 0 Å². The summed E-state index contributed by atoms with van der Waals surface area (Å²) < 4.78 is 1.62. The highest BCUT2D eigenvalue weighted by Gasteiger charge is 2.32. The van der Waals surface area contributed by atoms with Gasteiger partial charge in [0.25, 0.3) is 5.56 Å². The zero-order valence-electron chi connectivity index (χ0n) is 19.0. The van der Waals surface area contributed by atoms with Gasteiger partial charge >= 0.3 is 0 Å². The van der Waals surface area contributed by atoms with Gasteiger partial charge in [0.1, 0.15) is 4.83 Å². The first-order chi connectivity index (χ1) is 14.8. The number of aliphatic hydroxyl groups is 1. The summed E-state index contributed by atoms with van der Waals surface area (Å²) in [6.07, 6.45) is 8.69. The zero-order chi connectivity index (χ0) is 22.2. The molecule has 1 fully saturated rings. The summed E-state index contributed by atoms with van der Waals surface area (Å²) in [5.74, 6) is 0.704. The second-order valence-corrected chi connectivity index (χ2v) is 11.3. The van der Waals surface area contributed by atoms with E-state index in [0.717, 1.165) is 55.3 Å². The Bertz CT molecular complexity index is 1000. The highest BCUT2D eigenvalue weighted by atomic mass is 32.1. The number of nitrogens with zero attached hydrogens (tertiary/aromatic N) is 3. The quantitative estimate of drug-likeness (QED) is 0.760. The number of hydrogen-bond acceptors (Lipinski definition) is 5. The van der Waals surface area contributed by atoms with Gasteiger partial charge in [-0.3, -0.25) is 14.2 Å². The van der Waals surface area contributed by atoms with Crippen LogP contribution in [0, 0.1) is 11.3 Å². The van der Waals surface area contributed by atoms with Gasteiger partial charge in [-0.25, -0.2) is 4.98 Å². The predicted octanol–water partition coefficient (Wildman–Crippen LogP) is 3.76. The number of amides is 1. The van der Waals surface area contributed by atoms with Crippen LogP contribution in [0.25, 0.3) is 10.2 Å². The van der Waals surface area contributed by atoms with Crippen LogP contribution in [0.5, 0.6) is 0 Å². The van der Waals surface area contributed by atoms with Crippen molar-refractivity contribution in [3.05, 3.63) is 27.1 Å². The summed E-state index contributed by atoms with van der Waals surface area (Å²) >= 11 is 1.67. The van der Waals surface area contributed by atoms with E-state index in [2.05, 4.69) is 25.8 Å². The summed E-state index contributed by atoms with van der Waals surface area (Å²) in [7, 11) is 0. The fourth-order valence-corrected chi connectivity index (χ4v) is 6.50. The Labute approximate surface area is 188 Å². The third-order valence-corrected chi connectivity index (χ3v) is 8.40. The fraction of sp³-hybridized carbons (Fsp3) is 0.708. The molecular formula is C24H35N3O3S. The third-order valence-electron chi connectivity index (χ3n) is 7.24. The molecule has 0 bridgehead atoms. The van der Waals surface area contributed by atoms with E-state index in [4.69, 9.17) is 0 Å². The van der Waals surface area contributed by atoms with Crippen molar-refractivity contribution in [1.82, 2.24) is 14.5 Å². The number of fused-ring (bicyclic) bond motifs is 3. The minimum atomic E-state index is -0.00457. The van der Waals surface area contributed by atoms with Crippen LogP contribution in [0.15, 0.2) is 11.1 Å². The number of likely N-dealkylation sites (tertiary alicyclic amines) is 1. The molecule has 2 aromatic rings. The van der Waals surface area contributed by atoms with Gasteiger partial charge in [0.2, 0.25) is 5.91 Å². The highest BCUT2D eigenvalue weighted by molar-refractivity contribution is 7.18. The van der Waals surface area contributed by atoms with Crippen molar-refractivity contribution < 1.29 is 9.90 Å². The fourth-order valence-electron chi connectivity index (χ4n) is 5.24. The maximum absolute atomic E-state index is 13.3. The zero-order valence-corrected chi connectivity index (χ0v) is 19.8. The number of piperidine rings is 1. The van der Waals surface area contributed by atoms with Crippen molar-refractivity contribution in [3.8, 4) is 0 Å². The lowest BCUT2D eigenvalue weighted by molar-refractivity contribution is -0.135. The monoisotopic (exact) mass is 445 g/mol. The lowest BCUT2D eigenvalue weighted by Gasteiger charge is -2.35. The average molecular weight is 446 g/mol. The third kappa shape index (κ3) is 4.58. The predicted molar refractivity (Wildman–Crippen MR) is 125 cm³/mol. The van der Waals surface area contributed by atoms with Crippen LogP contribution in [0.1, 0.15) is 69.7 Å². The van der Waals surface area contributed by atoms with Crippen molar-refractivity contribution in [2.75, 3.05) is 13.2 Å².